The van der Waals surface area contributed by atoms with Gasteiger partial charge in [-0.2, -0.15) is 0 Å². The zero-order valence-electron chi connectivity index (χ0n) is 13.7. The maximum Gasteiger partial charge on any atom is 0.269 e. The van der Waals surface area contributed by atoms with Crippen LogP contribution in [-0.2, 0) is 6.42 Å². The number of aromatic nitrogens is 1. The van der Waals surface area contributed by atoms with Crippen LogP contribution in [0.2, 0.25) is 0 Å². The van der Waals surface area contributed by atoms with Gasteiger partial charge in [0.05, 0.1) is 0 Å². The molecule has 2 N–H and O–H groups in total. The van der Waals surface area contributed by atoms with E-state index in [0.29, 0.717) is 12.2 Å². The highest BCUT2D eigenvalue weighted by Gasteiger charge is 2.07. The summed E-state index contributed by atoms with van der Waals surface area (Å²) in [7, 11) is 0. The van der Waals surface area contributed by atoms with Crippen LogP contribution in [-0.4, -0.2) is 24.0 Å². The van der Waals surface area contributed by atoms with Crippen molar-refractivity contribution in [3.8, 4) is 0 Å². The molecule has 2 aromatic rings. The van der Waals surface area contributed by atoms with E-state index in [4.69, 9.17) is 0 Å². The molecule has 4 nitrogen and oxygen atoms in total. The first-order valence-corrected chi connectivity index (χ1v) is 8.31. The van der Waals surface area contributed by atoms with Gasteiger partial charge in [-0.1, -0.05) is 50.1 Å². The van der Waals surface area contributed by atoms with Gasteiger partial charge in [0.2, 0.25) is 0 Å². The zero-order chi connectivity index (χ0) is 16.3. The number of anilines is 1. The third-order valence-corrected chi connectivity index (χ3v) is 3.64. The molecule has 0 aliphatic rings. The molecule has 1 heterocycles. The Labute approximate surface area is 138 Å². The summed E-state index contributed by atoms with van der Waals surface area (Å²) in [5.41, 5.74) is 2.68. The molecular weight excluding hydrogens is 286 g/mol. The van der Waals surface area contributed by atoms with E-state index in [1.165, 1.54) is 5.56 Å². The van der Waals surface area contributed by atoms with Gasteiger partial charge in [0.15, 0.2) is 0 Å². The van der Waals surface area contributed by atoms with Crippen LogP contribution >= 0.6 is 0 Å². The number of carbonyl (C=O) groups excluding carboxylic acids is 1. The van der Waals surface area contributed by atoms with E-state index in [0.717, 1.165) is 37.9 Å². The van der Waals surface area contributed by atoms with E-state index in [2.05, 4.69) is 34.7 Å². The van der Waals surface area contributed by atoms with Gasteiger partial charge in [-0.25, -0.2) is 0 Å². The van der Waals surface area contributed by atoms with Crippen molar-refractivity contribution in [2.75, 3.05) is 18.4 Å². The van der Waals surface area contributed by atoms with Gasteiger partial charge >= 0.3 is 0 Å². The fraction of sp³-hybridized carbons (Fsp3) is 0.368. The number of nitrogens with zero attached hydrogens (tertiary/aromatic N) is 1. The number of nitrogens with one attached hydrogen (secondary N) is 2. The topological polar surface area (TPSA) is 54.0 Å². The number of hydrogen-bond donors (Lipinski definition) is 2. The fourth-order valence-electron chi connectivity index (χ4n) is 2.33. The lowest BCUT2D eigenvalue weighted by molar-refractivity contribution is 0.0948. The second kappa shape index (κ2) is 9.62. The summed E-state index contributed by atoms with van der Waals surface area (Å²) < 4.78 is 0. The molecule has 0 atom stereocenters. The molecule has 1 aromatic heterocycles. The summed E-state index contributed by atoms with van der Waals surface area (Å²) in [5, 5.41) is 6.26. The maximum atomic E-state index is 12.1. The molecule has 0 aliphatic heterocycles. The first-order chi connectivity index (χ1) is 11.3. The van der Waals surface area contributed by atoms with Crippen molar-refractivity contribution >= 4 is 11.6 Å². The van der Waals surface area contributed by atoms with Gasteiger partial charge in [0.25, 0.3) is 5.91 Å². The summed E-state index contributed by atoms with van der Waals surface area (Å²) in [6, 6.07) is 14.0. The Morgan fingerprint density at radius 1 is 1.09 bits per heavy atom. The van der Waals surface area contributed by atoms with Crippen LogP contribution < -0.4 is 10.6 Å². The van der Waals surface area contributed by atoms with Crippen molar-refractivity contribution in [2.45, 2.75) is 32.6 Å². The lowest BCUT2D eigenvalue weighted by atomic mass is 10.1. The number of pyridine rings is 1. The molecule has 4 heteroatoms. The lowest BCUT2D eigenvalue weighted by Crippen LogP contribution is -2.25. The van der Waals surface area contributed by atoms with Crippen LogP contribution in [0.15, 0.2) is 48.7 Å². The predicted molar refractivity (Wildman–Crippen MR) is 94.7 cm³/mol. The minimum absolute atomic E-state index is 0.104. The predicted octanol–water partition coefficient (Wildman–Crippen LogP) is 3.66. The number of unbranched alkanes of at least 4 members (excludes halogenated alkanes) is 2. The van der Waals surface area contributed by atoms with E-state index in [-0.39, 0.29) is 5.91 Å². The Morgan fingerprint density at radius 2 is 1.91 bits per heavy atom. The van der Waals surface area contributed by atoms with E-state index >= 15 is 0 Å². The molecule has 0 bridgehead atoms. The number of hydrogen-bond acceptors (Lipinski definition) is 3. The molecule has 23 heavy (non-hydrogen) atoms. The Balaban J connectivity index is 1.80. The second-order valence-electron chi connectivity index (χ2n) is 5.56. The Kier molecular flexibility index (Phi) is 7.11. The molecule has 0 spiro atoms. The van der Waals surface area contributed by atoms with Crippen LogP contribution in [0.4, 0.5) is 5.69 Å². The highest BCUT2D eigenvalue weighted by Crippen LogP contribution is 2.09. The quantitative estimate of drug-likeness (QED) is 0.695. The molecule has 0 radical (unpaired) electrons. The Hall–Kier alpha value is -2.36. The molecule has 1 aromatic carbocycles. The van der Waals surface area contributed by atoms with Crippen molar-refractivity contribution in [1.29, 1.82) is 0 Å². The Bertz CT molecular complexity index is 599. The monoisotopic (exact) mass is 311 g/mol. The molecule has 0 saturated heterocycles. The summed E-state index contributed by atoms with van der Waals surface area (Å²) in [6.45, 7) is 3.68. The smallest absolute Gasteiger partial charge is 0.269 e. The molecule has 0 saturated carbocycles. The molecule has 0 aliphatic carbocycles. The zero-order valence-corrected chi connectivity index (χ0v) is 13.7. The van der Waals surface area contributed by atoms with Crippen LogP contribution in [0.25, 0.3) is 0 Å². The van der Waals surface area contributed by atoms with Crippen LogP contribution in [0.3, 0.4) is 0 Å². The van der Waals surface area contributed by atoms with E-state index in [1.54, 1.807) is 12.3 Å². The molecule has 1 amide bonds. The number of carbonyl (C=O) groups is 1. The minimum Gasteiger partial charge on any atom is -0.385 e. The van der Waals surface area contributed by atoms with Gasteiger partial charge in [-0.05, 0) is 30.5 Å². The van der Waals surface area contributed by atoms with Gasteiger partial charge in [-0.15, -0.1) is 0 Å². The van der Waals surface area contributed by atoms with Gasteiger partial charge in [-0.3, -0.25) is 9.78 Å². The third-order valence-electron chi connectivity index (χ3n) is 3.64. The molecular formula is C19H25N3O. The van der Waals surface area contributed by atoms with E-state index in [1.807, 2.05) is 24.3 Å². The van der Waals surface area contributed by atoms with Crippen molar-refractivity contribution in [2.24, 2.45) is 0 Å². The summed E-state index contributed by atoms with van der Waals surface area (Å²) in [4.78, 5) is 16.2. The average molecular weight is 311 g/mol. The van der Waals surface area contributed by atoms with Crippen molar-refractivity contribution < 1.29 is 4.79 Å². The molecule has 0 unspecified atom stereocenters. The van der Waals surface area contributed by atoms with Crippen molar-refractivity contribution in [3.63, 3.8) is 0 Å². The van der Waals surface area contributed by atoms with E-state index < -0.39 is 0 Å². The number of amides is 1. The molecule has 122 valence electrons. The number of rotatable bonds is 9. The third kappa shape index (κ3) is 6.10. The highest BCUT2D eigenvalue weighted by atomic mass is 16.1. The Morgan fingerprint density at radius 3 is 2.70 bits per heavy atom. The van der Waals surface area contributed by atoms with E-state index in [9.17, 15) is 4.79 Å². The minimum atomic E-state index is -0.104. The molecule has 2 rings (SSSR count). The average Bonchev–Trinajstić information content (AvgIpc) is 2.60. The first kappa shape index (κ1) is 17.0. The lowest BCUT2D eigenvalue weighted by Gasteiger charge is -2.08. The summed E-state index contributed by atoms with van der Waals surface area (Å²) >= 11 is 0. The largest absolute Gasteiger partial charge is 0.385 e. The van der Waals surface area contributed by atoms with Crippen molar-refractivity contribution in [1.82, 2.24) is 10.3 Å². The highest BCUT2D eigenvalue weighted by molar-refractivity contribution is 5.93. The van der Waals surface area contributed by atoms with Crippen molar-refractivity contribution in [3.05, 3.63) is 59.9 Å². The molecule has 0 fully saturated rings. The van der Waals surface area contributed by atoms with Gasteiger partial charge < -0.3 is 10.6 Å². The first-order valence-electron chi connectivity index (χ1n) is 8.31. The number of benzene rings is 1. The van der Waals surface area contributed by atoms with Crippen LogP contribution in [0, 0.1) is 0 Å². The van der Waals surface area contributed by atoms with Gasteiger partial charge in [0, 0.05) is 25.0 Å². The fourth-order valence-corrected chi connectivity index (χ4v) is 2.33. The SMILES string of the molecule is CCCCCNC(=O)c1cc(NCCc2ccccc2)ccn1. The van der Waals surface area contributed by atoms with Crippen LogP contribution in [0.1, 0.15) is 42.2 Å². The second-order valence-corrected chi connectivity index (χ2v) is 5.56. The van der Waals surface area contributed by atoms with Gasteiger partial charge in [0.1, 0.15) is 5.69 Å². The van der Waals surface area contributed by atoms with Crippen LogP contribution in [0.5, 0.6) is 0 Å². The standard InChI is InChI=1S/C19H25N3O/c1-2-3-7-12-22-19(23)18-15-17(11-14-21-18)20-13-10-16-8-5-4-6-9-16/h4-6,8-9,11,14-15H,2-3,7,10,12-13H2,1H3,(H,20,21)(H,22,23). The summed E-state index contributed by atoms with van der Waals surface area (Å²) in [6.07, 6.45) is 5.91. The normalized spacial score (nSPS) is 10.3. The maximum absolute atomic E-state index is 12.1. The summed E-state index contributed by atoms with van der Waals surface area (Å²) in [5.74, 6) is -0.104.